The molecule has 3 aromatic heterocycles. The third-order valence-corrected chi connectivity index (χ3v) is 8.29. The number of rotatable bonds is 3. The van der Waals surface area contributed by atoms with Crippen molar-refractivity contribution in [3.63, 3.8) is 0 Å². The van der Waals surface area contributed by atoms with Gasteiger partial charge in [0.25, 0.3) is 0 Å². The fourth-order valence-corrected chi connectivity index (χ4v) is 6.38. The first-order chi connectivity index (χ1) is 21.7. The molecule has 0 amide bonds. The molecule has 6 heteroatoms. The topological polar surface area (TPSA) is 74.7 Å². The zero-order valence-corrected chi connectivity index (χ0v) is 23.2. The highest BCUT2D eigenvalue weighted by atomic mass is 15.0. The molecule has 8 aromatic rings. The second-order valence-corrected chi connectivity index (χ2v) is 10.6. The minimum Gasteiger partial charge on any atom is -0.309 e. The van der Waals surface area contributed by atoms with Crippen molar-refractivity contribution in [2.45, 2.75) is 0 Å². The van der Waals surface area contributed by atoms with Crippen molar-refractivity contribution in [3.05, 3.63) is 144 Å². The lowest BCUT2D eigenvalue weighted by Crippen LogP contribution is -2.05. The fourth-order valence-electron chi connectivity index (χ4n) is 6.38. The molecule has 44 heavy (non-hydrogen) atoms. The van der Waals surface area contributed by atoms with Crippen LogP contribution in [0.3, 0.4) is 0 Å². The van der Waals surface area contributed by atoms with Gasteiger partial charge in [-0.15, -0.1) is 0 Å². The SMILES string of the molecule is [C-]#[N+]c1ccc2c3ccccc3n(-c3cc(-c4ccncc4)cc(-n4c5ccccc5c5ccc(C#N)cc54)c3C#N)c2c1. The third-order valence-electron chi connectivity index (χ3n) is 8.29. The first-order valence-electron chi connectivity index (χ1n) is 14.0. The number of nitrogens with zero attached hydrogens (tertiary/aromatic N) is 6. The van der Waals surface area contributed by atoms with Crippen LogP contribution in [0.1, 0.15) is 11.1 Å². The second-order valence-electron chi connectivity index (χ2n) is 10.6. The first kappa shape index (κ1) is 25.1. The number of aromatic nitrogens is 3. The third kappa shape index (κ3) is 3.61. The van der Waals surface area contributed by atoms with Crippen LogP contribution in [0.4, 0.5) is 5.69 Å². The molecule has 0 aliphatic heterocycles. The van der Waals surface area contributed by atoms with Crippen LogP contribution < -0.4 is 0 Å². The number of nitriles is 2. The van der Waals surface area contributed by atoms with Gasteiger partial charge in [-0.25, -0.2) is 4.85 Å². The summed E-state index contributed by atoms with van der Waals surface area (Å²) in [5.74, 6) is 0. The van der Waals surface area contributed by atoms with Gasteiger partial charge in [0.2, 0.25) is 0 Å². The highest BCUT2D eigenvalue weighted by molar-refractivity contribution is 6.11. The van der Waals surface area contributed by atoms with Gasteiger partial charge in [0.1, 0.15) is 11.6 Å². The van der Waals surface area contributed by atoms with E-state index in [4.69, 9.17) is 6.57 Å². The molecule has 8 rings (SSSR count). The Morgan fingerprint density at radius 3 is 1.73 bits per heavy atom. The zero-order valence-electron chi connectivity index (χ0n) is 23.2. The molecule has 6 nitrogen and oxygen atoms in total. The van der Waals surface area contributed by atoms with Crippen molar-refractivity contribution in [1.29, 1.82) is 10.5 Å². The van der Waals surface area contributed by atoms with Gasteiger partial charge in [0, 0.05) is 39.5 Å². The van der Waals surface area contributed by atoms with Crippen LogP contribution >= 0.6 is 0 Å². The molecule has 0 bridgehead atoms. The van der Waals surface area contributed by atoms with E-state index in [1.165, 1.54) is 0 Å². The van der Waals surface area contributed by atoms with Crippen LogP contribution in [0, 0.1) is 29.2 Å². The Morgan fingerprint density at radius 1 is 0.568 bits per heavy atom. The molecule has 0 unspecified atom stereocenters. The molecule has 0 aliphatic rings. The number of pyridine rings is 1. The lowest BCUT2D eigenvalue weighted by atomic mass is 10.0. The van der Waals surface area contributed by atoms with Crippen LogP contribution in [0.15, 0.2) is 122 Å². The van der Waals surface area contributed by atoms with Gasteiger partial charge in [0.05, 0.1) is 46.1 Å². The average Bonchev–Trinajstić information content (AvgIpc) is 3.59. The summed E-state index contributed by atoms with van der Waals surface area (Å²) in [6, 6.07) is 40.5. The maximum absolute atomic E-state index is 11.0. The smallest absolute Gasteiger partial charge is 0.189 e. The number of hydrogen-bond acceptors (Lipinski definition) is 3. The molecule has 0 spiro atoms. The van der Waals surface area contributed by atoms with Crippen LogP contribution in [0.5, 0.6) is 0 Å². The van der Waals surface area contributed by atoms with E-state index in [0.717, 1.165) is 54.7 Å². The molecule has 0 aliphatic carbocycles. The quantitative estimate of drug-likeness (QED) is 0.202. The number of fused-ring (bicyclic) bond motifs is 6. The van der Waals surface area contributed by atoms with Gasteiger partial charge in [-0.2, -0.15) is 10.5 Å². The Kier molecular flexibility index (Phi) is 5.53. The Labute approximate surface area is 252 Å². The van der Waals surface area contributed by atoms with E-state index in [2.05, 4.69) is 43.2 Å². The van der Waals surface area contributed by atoms with Crippen molar-refractivity contribution in [2.24, 2.45) is 0 Å². The predicted octanol–water partition coefficient (Wildman–Crippen LogP) is 9.24. The number of benzene rings is 5. The Morgan fingerprint density at radius 2 is 1.14 bits per heavy atom. The van der Waals surface area contributed by atoms with E-state index in [9.17, 15) is 10.5 Å². The molecule has 202 valence electrons. The van der Waals surface area contributed by atoms with E-state index in [-0.39, 0.29) is 0 Å². The van der Waals surface area contributed by atoms with Crippen molar-refractivity contribution in [2.75, 3.05) is 0 Å². The Bertz CT molecular complexity index is 2430. The molecule has 0 saturated heterocycles. The summed E-state index contributed by atoms with van der Waals surface area (Å²) in [6.45, 7) is 7.70. The van der Waals surface area contributed by atoms with Crippen molar-refractivity contribution in [1.82, 2.24) is 14.1 Å². The standard InChI is InChI=1S/C38H20N6/c1-41-27-11-13-31-29-7-3-5-9-34(29)44(38(31)21-27)37-20-26(25-14-16-42-17-15-25)19-36(32(37)23-40)43-33-8-4-2-6-28(33)30-12-10-24(22-39)18-35(30)43/h2-21H. The molecule has 0 radical (unpaired) electrons. The second kappa shape index (κ2) is 9.71. The average molecular weight is 561 g/mol. The van der Waals surface area contributed by atoms with E-state index >= 15 is 0 Å². The van der Waals surface area contributed by atoms with Gasteiger partial charge in [0.15, 0.2) is 5.69 Å². The summed E-state index contributed by atoms with van der Waals surface area (Å²) in [5, 5.41) is 24.8. The summed E-state index contributed by atoms with van der Waals surface area (Å²) >= 11 is 0. The fraction of sp³-hybridized carbons (Fsp3) is 0. The summed E-state index contributed by atoms with van der Waals surface area (Å²) in [6.07, 6.45) is 3.52. The maximum atomic E-state index is 11.0. The first-order valence-corrected chi connectivity index (χ1v) is 14.0. The van der Waals surface area contributed by atoms with Crippen molar-refractivity contribution in [3.8, 4) is 34.6 Å². The molecule has 0 fully saturated rings. The van der Waals surface area contributed by atoms with Crippen LogP contribution in [0.2, 0.25) is 0 Å². The highest BCUT2D eigenvalue weighted by Gasteiger charge is 2.22. The lowest BCUT2D eigenvalue weighted by Gasteiger charge is -2.18. The molecular formula is C38H20N6. The summed E-state index contributed by atoms with van der Waals surface area (Å²) in [4.78, 5) is 7.94. The number of hydrogen-bond donors (Lipinski definition) is 0. The summed E-state index contributed by atoms with van der Waals surface area (Å²) in [7, 11) is 0. The summed E-state index contributed by atoms with van der Waals surface area (Å²) < 4.78 is 4.19. The Balaban J connectivity index is 1.58. The normalized spacial score (nSPS) is 11.1. The van der Waals surface area contributed by atoms with Gasteiger partial charge in [-0.1, -0.05) is 54.6 Å². The predicted molar refractivity (Wildman–Crippen MR) is 174 cm³/mol. The van der Waals surface area contributed by atoms with Crippen molar-refractivity contribution >= 4 is 49.3 Å². The lowest BCUT2D eigenvalue weighted by molar-refractivity contribution is 1.12. The minimum absolute atomic E-state index is 0.476. The zero-order chi connectivity index (χ0) is 29.8. The minimum atomic E-state index is 0.476. The van der Waals surface area contributed by atoms with Gasteiger partial charge >= 0.3 is 0 Å². The molecular weight excluding hydrogens is 540 g/mol. The van der Waals surface area contributed by atoms with Crippen molar-refractivity contribution < 1.29 is 0 Å². The van der Waals surface area contributed by atoms with E-state index in [0.29, 0.717) is 28.2 Å². The van der Waals surface area contributed by atoms with E-state index in [1.807, 2.05) is 97.1 Å². The van der Waals surface area contributed by atoms with Crippen LogP contribution in [0.25, 0.3) is 71.0 Å². The Hall–Kier alpha value is -6.68. The maximum Gasteiger partial charge on any atom is 0.189 e. The highest BCUT2D eigenvalue weighted by Crippen LogP contribution is 2.40. The molecule has 5 aromatic carbocycles. The largest absolute Gasteiger partial charge is 0.309 e. The van der Waals surface area contributed by atoms with E-state index < -0.39 is 0 Å². The van der Waals surface area contributed by atoms with Gasteiger partial charge in [-0.05, 0) is 65.7 Å². The molecule has 0 atom stereocenters. The number of para-hydroxylation sites is 2. The van der Waals surface area contributed by atoms with Gasteiger partial charge < -0.3 is 9.13 Å². The molecule has 0 N–H and O–H groups in total. The molecule has 0 saturated carbocycles. The molecule has 3 heterocycles. The van der Waals surface area contributed by atoms with Crippen LogP contribution in [-0.2, 0) is 0 Å². The van der Waals surface area contributed by atoms with E-state index in [1.54, 1.807) is 12.4 Å². The summed E-state index contributed by atoms with van der Waals surface area (Å²) in [5.41, 5.74) is 8.37. The monoisotopic (exact) mass is 560 g/mol. The van der Waals surface area contributed by atoms with Gasteiger partial charge in [-0.3, -0.25) is 4.98 Å². The van der Waals surface area contributed by atoms with Crippen LogP contribution in [-0.4, -0.2) is 14.1 Å².